The van der Waals surface area contributed by atoms with Crippen LogP contribution in [0, 0.1) is 0 Å². The Balaban J connectivity index is 2.14. The van der Waals surface area contributed by atoms with Crippen LogP contribution in [0.2, 0.25) is 0 Å². The fourth-order valence-corrected chi connectivity index (χ4v) is 3.92. The van der Waals surface area contributed by atoms with Gasteiger partial charge in [-0.3, -0.25) is 19.4 Å². The standard InChI is InChI=1S/C24H37N7O6/c1-14(32)19(31-20(33)16-9-5-11-27-16)22(35)30-18(13-15-7-3-2-4-8-15)21(34)29-17(23(36)37)10-6-12-28-24(25)26/h2-4,7-8,14,16-19,27,32H,5-6,9-13H2,1H3,(H,29,34)(H,30,35)(H,31,33)(H,36,37)(H4,25,26,28). The van der Waals surface area contributed by atoms with Gasteiger partial charge in [0.05, 0.1) is 12.1 Å². The monoisotopic (exact) mass is 519 g/mol. The first-order chi connectivity index (χ1) is 17.6. The second-order valence-corrected chi connectivity index (χ2v) is 8.97. The lowest BCUT2D eigenvalue weighted by molar-refractivity contribution is -0.142. The Morgan fingerprint density at radius 3 is 2.32 bits per heavy atom. The second kappa shape index (κ2) is 14.8. The minimum Gasteiger partial charge on any atom is -0.480 e. The highest BCUT2D eigenvalue weighted by atomic mass is 16.4. The molecule has 0 aliphatic carbocycles. The number of aliphatic carboxylic acids is 1. The Kier molecular flexibility index (Phi) is 11.8. The number of rotatable bonds is 14. The molecule has 13 nitrogen and oxygen atoms in total. The van der Waals surface area contributed by atoms with Crippen molar-refractivity contribution in [1.29, 1.82) is 0 Å². The third-order valence-corrected chi connectivity index (χ3v) is 5.91. The maximum absolute atomic E-state index is 13.1. The second-order valence-electron chi connectivity index (χ2n) is 8.97. The molecule has 0 spiro atoms. The van der Waals surface area contributed by atoms with Gasteiger partial charge >= 0.3 is 5.97 Å². The summed E-state index contributed by atoms with van der Waals surface area (Å²) in [5, 5.41) is 30.4. The number of nitrogens with one attached hydrogen (secondary N) is 4. The molecule has 5 atom stereocenters. The van der Waals surface area contributed by atoms with Crippen LogP contribution in [0.15, 0.2) is 35.3 Å². The molecule has 1 fully saturated rings. The first-order valence-electron chi connectivity index (χ1n) is 12.2. The number of hydrogen-bond donors (Lipinski definition) is 8. The summed E-state index contributed by atoms with van der Waals surface area (Å²) in [6.45, 7) is 2.23. The van der Waals surface area contributed by atoms with Crippen LogP contribution < -0.4 is 32.7 Å². The first kappa shape index (κ1) is 29.5. The van der Waals surface area contributed by atoms with Crippen LogP contribution in [0.3, 0.4) is 0 Å². The molecule has 1 saturated heterocycles. The lowest BCUT2D eigenvalue weighted by Gasteiger charge is -2.26. The van der Waals surface area contributed by atoms with Crippen molar-refractivity contribution < 1.29 is 29.4 Å². The summed E-state index contributed by atoms with van der Waals surface area (Å²) in [5.74, 6) is -3.28. The molecule has 5 unspecified atom stereocenters. The number of hydrogen-bond acceptors (Lipinski definition) is 7. The van der Waals surface area contributed by atoms with Crippen molar-refractivity contribution in [2.24, 2.45) is 16.5 Å². The van der Waals surface area contributed by atoms with E-state index in [-0.39, 0.29) is 25.3 Å². The highest BCUT2D eigenvalue weighted by Gasteiger charge is 2.33. The first-order valence-corrected chi connectivity index (χ1v) is 12.2. The Hall–Kier alpha value is -3.71. The van der Waals surface area contributed by atoms with E-state index in [9.17, 15) is 29.4 Å². The van der Waals surface area contributed by atoms with E-state index in [1.165, 1.54) is 6.92 Å². The molecule has 3 amide bonds. The number of benzene rings is 1. The maximum atomic E-state index is 13.1. The molecule has 1 aromatic rings. The van der Waals surface area contributed by atoms with Crippen molar-refractivity contribution in [3.63, 3.8) is 0 Å². The molecule has 0 bridgehead atoms. The molecule has 204 valence electrons. The SMILES string of the molecule is CC(O)C(NC(=O)C1CCCN1)C(=O)NC(Cc1ccccc1)C(=O)NC(CCCN=C(N)N)C(=O)O. The van der Waals surface area contributed by atoms with E-state index in [1.54, 1.807) is 30.3 Å². The van der Waals surface area contributed by atoms with Crippen LogP contribution in [0.4, 0.5) is 0 Å². The number of nitrogens with zero attached hydrogens (tertiary/aromatic N) is 1. The number of aliphatic hydroxyl groups is 1. The van der Waals surface area contributed by atoms with Gasteiger partial charge in [-0.25, -0.2) is 4.79 Å². The summed E-state index contributed by atoms with van der Waals surface area (Å²) in [7, 11) is 0. The smallest absolute Gasteiger partial charge is 0.326 e. The summed E-state index contributed by atoms with van der Waals surface area (Å²) in [5.41, 5.74) is 11.3. The molecule has 0 saturated carbocycles. The highest BCUT2D eigenvalue weighted by Crippen LogP contribution is 2.08. The van der Waals surface area contributed by atoms with Crippen LogP contribution in [-0.4, -0.2) is 83.2 Å². The van der Waals surface area contributed by atoms with Gasteiger partial charge in [0.25, 0.3) is 0 Å². The van der Waals surface area contributed by atoms with Gasteiger partial charge in [0.15, 0.2) is 5.96 Å². The normalized spacial score (nSPS) is 18.1. The number of carboxylic acids is 1. The molecule has 2 rings (SSSR count). The zero-order valence-electron chi connectivity index (χ0n) is 20.9. The molecule has 1 aromatic carbocycles. The third kappa shape index (κ3) is 10.1. The minimum atomic E-state index is -1.31. The lowest BCUT2D eigenvalue weighted by Crippen LogP contribution is -2.60. The Labute approximate surface area is 215 Å². The summed E-state index contributed by atoms with van der Waals surface area (Å²) in [6.07, 6.45) is 0.607. The fourth-order valence-electron chi connectivity index (χ4n) is 3.92. The molecular formula is C24H37N7O6. The summed E-state index contributed by atoms with van der Waals surface area (Å²) >= 11 is 0. The van der Waals surface area contributed by atoms with Gasteiger partial charge in [0, 0.05) is 13.0 Å². The molecule has 1 aliphatic heterocycles. The van der Waals surface area contributed by atoms with E-state index < -0.39 is 54.0 Å². The van der Waals surface area contributed by atoms with Crippen molar-refractivity contribution in [2.45, 2.75) is 69.3 Å². The van der Waals surface area contributed by atoms with Gasteiger partial charge in [-0.1, -0.05) is 30.3 Å². The van der Waals surface area contributed by atoms with Gasteiger partial charge in [-0.2, -0.15) is 0 Å². The number of carbonyl (C=O) groups excluding carboxylic acids is 3. The van der Waals surface area contributed by atoms with Crippen molar-refractivity contribution >= 4 is 29.7 Å². The van der Waals surface area contributed by atoms with E-state index in [0.717, 1.165) is 12.0 Å². The molecule has 37 heavy (non-hydrogen) atoms. The predicted octanol–water partition coefficient (Wildman–Crippen LogP) is -2.05. The van der Waals surface area contributed by atoms with Gasteiger partial charge in [-0.15, -0.1) is 0 Å². The molecule has 1 aliphatic rings. The van der Waals surface area contributed by atoms with Crippen molar-refractivity contribution in [3.8, 4) is 0 Å². The number of carbonyl (C=O) groups is 4. The number of aliphatic imine (C=N–C) groups is 1. The lowest BCUT2D eigenvalue weighted by atomic mass is 10.0. The molecule has 0 aromatic heterocycles. The van der Waals surface area contributed by atoms with Crippen molar-refractivity contribution in [3.05, 3.63) is 35.9 Å². The number of carboxylic acid groups (broad SMARTS) is 1. The Morgan fingerprint density at radius 1 is 1.08 bits per heavy atom. The fraction of sp³-hybridized carbons (Fsp3) is 0.542. The average molecular weight is 520 g/mol. The predicted molar refractivity (Wildman–Crippen MR) is 136 cm³/mol. The minimum absolute atomic E-state index is 0.0589. The van der Waals surface area contributed by atoms with Gasteiger partial charge in [-0.05, 0) is 44.7 Å². The third-order valence-electron chi connectivity index (χ3n) is 5.91. The molecule has 13 heteroatoms. The maximum Gasteiger partial charge on any atom is 0.326 e. The number of nitrogens with two attached hydrogens (primary N) is 2. The summed E-state index contributed by atoms with van der Waals surface area (Å²) in [6, 6.07) is 4.67. The number of guanidine groups is 1. The van der Waals surface area contributed by atoms with E-state index in [2.05, 4.69) is 26.3 Å². The van der Waals surface area contributed by atoms with E-state index in [0.29, 0.717) is 19.4 Å². The summed E-state index contributed by atoms with van der Waals surface area (Å²) in [4.78, 5) is 54.3. The van der Waals surface area contributed by atoms with Crippen molar-refractivity contribution in [2.75, 3.05) is 13.1 Å². The van der Waals surface area contributed by atoms with Gasteiger partial charge in [0.1, 0.15) is 18.1 Å². The highest BCUT2D eigenvalue weighted by molar-refractivity contribution is 5.94. The molecule has 0 radical (unpaired) electrons. The zero-order valence-corrected chi connectivity index (χ0v) is 20.9. The van der Waals surface area contributed by atoms with Crippen molar-refractivity contribution in [1.82, 2.24) is 21.3 Å². The largest absolute Gasteiger partial charge is 0.480 e. The number of aliphatic hydroxyl groups excluding tert-OH is 1. The quantitative estimate of drug-likeness (QED) is 0.0769. The van der Waals surface area contributed by atoms with E-state index in [4.69, 9.17) is 11.5 Å². The van der Waals surface area contributed by atoms with E-state index >= 15 is 0 Å². The van der Waals surface area contributed by atoms with Crippen LogP contribution in [-0.2, 0) is 25.6 Å². The topological polar surface area (TPSA) is 221 Å². The molecule has 1 heterocycles. The molecular weight excluding hydrogens is 482 g/mol. The van der Waals surface area contributed by atoms with Gasteiger partial charge in [0.2, 0.25) is 17.7 Å². The average Bonchev–Trinajstić information content (AvgIpc) is 3.39. The van der Waals surface area contributed by atoms with Crippen LogP contribution in [0.5, 0.6) is 0 Å². The Morgan fingerprint density at radius 2 is 1.76 bits per heavy atom. The Bertz CT molecular complexity index is 946. The van der Waals surface area contributed by atoms with Crippen LogP contribution >= 0.6 is 0 Å². The number of amides is 3. The van der Waals surface area contributed by atoms with Crippen LogP contribution in [0.1, 0.15) is 38.2 Å². The summed E-state index contributed by atoms with van der Waals surface area (Å²) < 4.78 is 0. The van der Waals surface area contributed by atoms with Gasteiger partial charge < -0.3 is 42.9 Å². The molecule has 10 N–H and O–H groups in total. The van der Waals surface area contributed by atoms with Crippen LogP contribution in [0.25, 0.3) is 0 Å². The zero-order chi connectivity index (χ0) is 27.4. The van der Waals surface area contributed by atoms with E-state index in [1.807, 2.05) is 0 Å².